The molecule has 1 aliphatic rings. The molecule has 0 amide bonds. The smallest absolute Gasteiger partial charge is 0.311 e. The summed E-state index contributed by atoms with van der Waals surface area (Å²) in [5.74, 6) is -0.324. The Labute approximate surface area is 178 Å². The number of aromatic nitrogens is 6. The minimum absolute atomic E-state index is 0.255. The van der Waals surface area contributed by atoms with Crippen LogP contribution in [0.5, 0.6) is 0 Å². The van der Waals surface area contributed by atoms with Gasteiger partial charge in [-0.2, -0.15) is 10.1 Å². The monoisotopic (exact) mass is 416 g/mol. The zero-order chi connectivity index (χ0) is 21.4. The van der Waals surface area contributed by atoms with Gasteiger partial charge in [-0.05, 0) is 43.5 Å². The predicted molar refractivity (Wildman–Crippen MR) is 115 cm³/mol. The first kappa shape index (κ1) is 19.2. The molecular weight excluding hydrogens is 394 g/mol. The first-order valence-corrected chi connectivity index (χ1v) is 10.2. The number of carbonyl (C=O) groups is 1. The molecule has 4 aromatic rings. The second-order valence-electron chi connectivity index (χ2n) is 7.83. The van der Waals surface area contributed by atoms with E-state index >= 15 is 0 Å². The minimum atomic E-state index is -0.779. The maximum atomic E-state index is 12.1. The zero-order valence-electron chi connectivity index (χ0n) is 16.8. The summed E-state index contributed by atoms with van der Waals surface area (Å²) in [5.41, 5.74) is 1.59. The first-order valence-electron chi connectivity index (χ1n) is 10.2. The number of carboxylic acid groups (broad SMARTS) is 1. The average molecular weight is 416 g/mol. The molecule has 31 heavy (non-hydrogen) atoms. The van der Waals surface area contributed by atoms with Crippen molar-refractivity contribution in [2.24, 2.45) is 5.41 Å². The van der Waals surface area contributed by atoms with Gasteiger partial charge in [0.05, 0.1) is 17.1 Å². The topological polar surface area (TPSA) is 111 Å². The van der Waals surface area contributed by atoms with Crippen molar-refractivity contribution in [2.75, 3.05) is 5.32 Å². The van der Waals surface area contributed by atoms with Crippen LogP contribution in [-0.2, 0) is 4.79 Å². The maximum Gasteiger partial charge on any atom is 0.311 e. The third kappa shape index (κ3) is 3.22. The SMILES string of the molecule is [CH2]CC(n1ccc2cnc(Nc3cccc(-n4cncn4)c3)nc21)C1(C(=O)O)CCC1. The molecule has 1 unspecified atom stereocenters. The molecule has 9 heteroatoms. The highest BCUT2D eigenvalue weighted by Gasteiger charge is 2.51. The Kier molecular flexibility index (Phi) is 4.65. The van der Waals surface area contributed by atoms with Crippen molar-refractivity contribution >= 4 is 28.6 Å². The fraction of sp³-hybridized carbons (Fsp3) is 0.273. The van der Waals surface area contributed by atoms with Gasteiger partial charge in [-0.3, -0.25) is 4.79 Å². The summed E-state index contributed by atoms with van der Waals surface area (Å²) in [4.78, 5) is 25.2. The van der Waals surface area contributed by atoms with Gasteiger partial charge >= 0.3 is 5.97 Å². The summed E-state index contributed by atoms with van der Waals surface area (Å²) in [6.45, 7) is 4.05. The number of fused-ring (bicyclic) bond motifs is 1. The molecule has 0 saturated heterocycles. The van der Waals surface area contributed by atoms with Crippen LogP contribution in [0, 0.1) is 12.3 Å². The lowest BCUT2D eigenvalue weighted by Crippen LogP contribution is -2.45. The van der Waals surface area contributed by atoms with Crippen molar-refractivity contribution in [3.05, 3.63) is 62.3 Å². The molecule has 5 rings (SSSR count). The molecule has 2 N–H and O–H groups in total. The van der Waals surface area contributed by atoms with E-state index in [9.17, 15) is 9.90 Å². The molecule has 9 nitrogen and oxygen atoms in total. The summed E-state index contributed by atoms with van der Waals surface area (Å²) in [7, 11) is 0. The highest BCUT2D eigenvalue weighted by Crippen LogP contribution is 2.51. The maximum absolute atomic E-state index is 12.1. The summed E-state index contributed by atoms with van der Waals surface area (Å²) < 4.78 is 3.62. The van der Waals surface area contributed by atoms with E-state index < -0.39 is 11.4 Å². The Balaban J connectivity index is 1.48. The van der Waals surface area contributed by atoms with Crippen molar-refractivity contribution in [3.63, 3.8) is 0 Å². The van der Waals surface area contributed by atoms with E-state index in [1.165, 1.54) is 6.33 Å². The van der Waals surface area contributed by atoms with Gasteiger partial charge in [-0.1, -0.05) is 19.4 Å². The lowest BCUT2D eigenvalue weighted by molar-refractivity contribution is -0.158. The van der Waals surface area contributed by atoms with Gasteiger partial charge in [0.25, 0.3) is 0 Å². The summed E-state index contributed by atoms with van der Waals surface area (Å²) in [6.07, 6.45) is 9.47. The normalized spacial score (nSPS) is 16.0. The number of nitrogens with zero attached hydrogens (tertiary/aromatic N) is 6. The van der Waals surface area contributed by atoms with Crippen LogP contribution in [0.1, 0.15) is 31.7 Å². The van der Waals surface area contributed by atoms with Gasteiger partial charge in [-0.15, -0.1) is 0 Å². The van der Waals surface area contributed by atoms with Crippen LogP contribution in [0.25, 0.3) is 16.7 Å². The fourth-order valence-corrected chi connectivity index (χ4v) is 4.38. The van der Waals surface area contributed by atoms with Gasteiger partial charge in [-0.25, -0.2) is 14.6 Å². The number of benzene rings is 1. The minimum Gasteiger partial charge on any atom is -0.481 e. The van der Waals surface area contributed by atoms with E-state index in [2.05, 4.69) is 27.3 Å². The zero-order valence-corrected chi connectivity index (χ0v) is 16.8. The van der Waals surface area contributed by atoms with Gasteiger partial charge in [0, 0.05) is 23.5 Å². The molecule has 1 atom stereocenters. The van der Waals surface area contributed by atoms with Gasteiger partial charge in [0.15, 0.2) is 0 Å². The Morgan fingerprint density at radius 2 is 2.19 bits per heavy atom. The number of hydrogen-bond donors (Lipinski definition) is 2. The molecule has 1 fully saturated rings. The second kappa shape index (κ2) is 7.50. The van der Waals surface area contributed by atoms with Gasteiger partial charge in [0.1, 0.15) is 18.3 Å². The van der Waals surface area contributed by atoms with E-state index in [1.54, 1.807) is 17.2 Å². The molecule has 1 saturated carbocycles. The fourth-order valence-electron chi connectivity index (χ4n) is 4.38. The van der Waals surface area contributed by atoms with E-state index in [0.29, 0.717) is 30.9 Å². The molecule has 3 heterocycles. The molecule has 0 aliphatic heterocycles. The average Bonchev–Trinajstić information content (AvgIpc) is 3.40. The van der Waals surface area contributed by atoms with Crippen molar-refractivity contribution in [3.8, 4) is 5.69 Å². The number of hydrogen-bond acceptors (Lipinski definition) is 6. The molecule has 0 bridgehead atoms. The van der Waals surface area contributed by atoms with Crippen molar-refractivity contribution < 1.29 is 9.90 Å². The lowest BCUT2D eigenvalue weighted by atomic mass is 9.63. The molecule has 3 aromatic heterocycles. The van der Waals surface area contributed by atoms with Crippen LogP contribution in [0.3, 0.4) is 0 Å². The highest BCUT2D eigenvalue weighted by molar-refractivity contribution is 5.79. The van der Waals surface area contributed by atoms with E-state index in [4.69, 9.17) is 4.98 Å². The quantitative estimate of drug-likeness (QED) is 0.472. The number of anilines is 2. The van der Waals surface area contributed by atoms with Crippen LogP contribution < -0.4 is 5.32 Å². The summed E-state index contributed by atoms with van der Waals surface area (Å²) in [5, 5.41) is 18.2. The van der Waals surface area contributed by atoms with Crippen LogP contribution in [0.4, 0.5) is 11.6 Å². The molecule has 157 valence electrons. The summed E-state index contributed by atoms with van der Waals surface area (Å²) in [6, 6.07) is 9.34. The van der Waals surface area contributed by atoms with E-state index in [1.807, 2.05) is 41.1 Å². The standard InChI is InChI=1S/C22H22N7O2/c1-2-18(22(20(30)31)8-4-9-22)28-10-7-15-12-24-21(27-19(15)28)26-16-5-3-6-17(11-16)29-14-23-13-25-29/h3,5-7,10-14,18H,1-2,4,8-9H2,(H,30,31)(H,24,26,27). The number of nitrogens with one attached hydrogen (secondary N) is 1. The Morgan fingerprint density at radius 3 is 2.87 bits per heavy atom. The van der Waals surface area contributed by atoms with Crippen LogP contribution >= 0.6 is 0 Å². The van der Waals surface area contributed by atoms with Crippen LogP contribution in [0.15, 0.2) is 55.4 Å². The predicted octanol–water partition coefficient (Wildman–Crippen LogP) is 3.78. The third-order valence-corrected chi connectivity index (χ3v) is 6.16. The van der Waals surface area contributed by atoms with Crippen molar-refractivity contribution in [1.29, 1.82) is 0 Å². The van der Waals surface area contributed by atoms with Gasteiger partial charge < -0.3 is 15.0 Å². The second-order valence-corrected chi connectivity index (χ2v) is 7.83. The van der Waals surface area contributed by atoms with Crippen molar-refractivity contribution in [1.82, 2.24) is 29.3 Å². The number of rotatable bonds is 7. The third-order valence-electron chi connectivity index (χ3n) is 6.16. The van der Waals surface area contributed by atoms with E-state index in [0.717, 1.165) is 23.2 Å². The largest absolute Gasteiger partial charge is 0.481 e. The van der Waals surface area contributed by atoms with E-state index in [-0.39, 0.29) is 6.04 Å². The Hall–Kier alpha value is -3.75. The highest BCUT2D eigenvalue weighted by atomic mass is 16.4. The number of carboxylic acids is 1. The molecule has 1 radical (unpaired) electrons. The Morgan fingerprint density at radius 1 is 1.32 bits per heavy atom. The van der Waals surface area contributed by atoms with Crippen LogP contribution in [0.2, 0.25) is 0 Å². The molecule has 1 aliphatic carbocycles. The van der Waals surface area contributed by atoms with Gasteiger partial charge in [0.2, 0.25) is 5.95 Å². The summed E-state index contributed by atoms with van der Waals surface area (Å²) >= 11 is 0. The molecular formula is C22H22N7O2. The lowest BCUT2D eigenvalue weighted by Gasteiger charge is -2.44. The van der Waals surface area contributed by atoms with Crippen molar-refractivity contribution in [2.45, 2.75) is 31.7 Å². The molecule has 0 spiro atoms. The first-order chi connectivity index (χ1) is 15.1. The Bertz CT molecular complexity index is 1230. The number of aliphatic carboxylic acids is 1. The molecule has 1 aromatic carbocycles. The van der Waals surface area contributed by atoms with Crippen LogP contribution in [-0.4, -0.2) is 40.4 Å².